The third-order valence-corrected chi connectivity index (χ3v) is 6.26. The molecule has 1 aromatic rings. The zero-order valence-corrected chi connectivity index (χ0v) is 15.5. The number of rotatable bonds is 4. The highest BCUT2D eigenvalue weighted by Gasteiger charge is 2.29. The van der Waals surface area contributed by atoms with E-state index < -0.39 is 10.0 Å². The minimum absolute atomic E-state index is 0.102. The van der Waals surface area contributed by atoms with Gasteiger partial charge in [-0.1, -0.05) is 41.4 Å². The summed E-state index contributed by atoms with van der Waals surface area (Å²) in [5.74, 6) is -0.125. The molecule has 1 heterocycles. The van der Waals surface area contributed by atoms with Crippen molar-refractivity contribution >= 4 is 39.1 Å². The molecule has 130 valence electrons. The van der Waals surface area contributed by atoms with Crippen molar-refractivity contribution in [3.05, 3.63) is 52.5 Å². The van der Waals surface area contributed by atoms with Crippen molar-refractivity contribution in [2.24, 2.45) is 0 Å². The fraction of sp³-hybridized carbons (Fsp3) is 0.312. The fourth-order valence-corrected chi connectivity index (χ4v) is 4.10. The van der Waals surface area contributed by atoms with Crippen molar-refractivity contribution in [3.8, 4) is 0 Å². The van der Waals surface area contributed by atoms with E-state index in [4.69, 9.17) is 23.2 Å². The maximum absolute atomic E-state index is 12.6. The number of amides is 1. The van der Waals surface area contributed by atoms with Crippen LogP contribution in [0.2, 0.25) is 10.0 Å². The SMILES string of the molecule is C/C=C/C=C/C(=O)N1CCN(S(=O)(=O)c2ccc(Cl)c(Cl)c2)CC1. The molecule has 0 N–H and O–H groups in total. The van der Waals surface area contributed by atoms with Crippen molar-refractivity contribution in [2.45, 2.75) is 11.8 Å². The first-order valence-electron chi connectivity index (χ1n) is 7.39. The first-order valence-corrected chi connectivity index (χ1v) is 9.59. The van der Waals surface area contributed by atoms with Crippen LogP contribution in [0.5, 0.6) is 0 Å². The number of allylic oxidation sites excluding steroid dienone is 3. The number of hydrogen-bond acceptors (Lipinski definition) is 3. The summed E-state index contributed by atoms with van der Waals surface area (Å²) in [6.07, 6.45) is 6.73. The van der Waals surface area contributed by atoms with Crippen LogP contribution in [0.15, 0.2) is 47.4 Å². The molecule has 1 fully saturated rings. The summed E-state index contributed by atoms with van der Waals surface area (Å²) in [5, 5.41) is 0.500. The summed E-state index contributed by atoms with van der Waals surface area (Å²) in [7, 11) is -3.65. The van der Waals surface area contributed by atoms with E-state index in [1.54, 1.807) is 17.1 Å². The summed E-state index contributed by atoms with van der Waals surface area (Å²) in [5.41, 5.74) is 0. The number of carbonyl (C=O) groups excluding carboxylic acids is 1. The Hall–Kier alpha value is -1.34. The lowest BCUT2D eigenvalue weighted by Gasteiger charge is -2.33. The Bertz CT molecular complexity index is 768. The van der Waals surface area contributed by atoms with Gasteiger partial charge in [-0.15, -0.1) is 0 Å². The van der Waals surface area contributed by atoms with Crippen molar-refractivity contribution in [3.63, 3.8) is 0 Å². The molecule has 1 saturated heterocycles. The van der Waals surface area contributed by atoms with Crippen LogP contribution in [0.4, 0.5) is 0 Å². The third kappa shape index (κ3) is 4.39. The van der Waals surface area contributed by atoms with Crippen molar-refractivity contribution < 1.29 is 13.2 Å². The second-order valence-electron chi connectivity index (χ2n) is 5.19. The van der Waals surface area contributed by atoms with Crippen LogP contribution in [-0.4, -0.2) is 49.7 Å². The van der Waals surface area contributed by atoms with Crippen LogP contribution in [0.1, 0.15) is 6.92 Å². The topological polar surface area (TPSA) is 57.7 Å². The number of nitrogens with zero attached hydrogens (tertiary/aromatic N) is 2. The van der Waals surface area contributed by atoms with Gasteiger partial charge >= 0.3 is 0 Å². The largest absolute Gasteiger partial charge is 0.337 e. The minimum atomic E-state index is -3.65. The van der Waals surface area contributed by atoms with Crippen molar-refractivity contribution in [1.82, 2.24) is 9.21 Å². The molecule has 0 unspecified atom stereocenters. The summed E-state index contributed by atoms with van der Waals surface area (Å²) in [6, 6.07) is 4.24. The van der Waals surface area contributed by atoms with Gasteiger partial charge in [-0.2, -0.15) is 4.31 Å². The Morgan fingerprint density at radius 1 is 1.08 bits per heavy atom. The molecule has 1 amide bonds. The van der Waals surface area contributed by atoms with E-state index in [0.29, 0.717) is 18.1 Å². The Kier molecular flexibility index (Phi) is 6.46. The summed E-state index contributed by atoms with van der Waals surface area (Å²) in [4.78, 5) is 13.7. The predicted molar refractivity (Wildman–Crippen MR) is 95.8 cm³/mol. The Balaban J connectivity index is 2.05. The van der Waals surface area contributed by atoms with Gasteiger partial charge in [0.25, 0.3) is 0 Å². The molecule has 5 nitrogen and oxygen atoms in total. The fourth-order valence-electron chi connectivity index (χ4n) is 2.29. The van der Waals surface area contributed by atoms with Gasteiger partial charge in [-0.05, 0) is 25.1 Å². The lowest BCUT2D eigenvalue weighted by molar-refractivity contribution is -0.127. The van der Waals surface area contributed by atoms with E-state index in [9.17, 15) is 13.2 Å². The Morgan fingerprint density at radius 3 is 2.33 bits per heavy atom. The number of piperazine rings is 1. The minimum Gasteiger partial charge on any atom is -0.337 e. The molecule has 0 aromatic heterocycles. The lowest BCUT2D eigenvalue weighted by atomic mass is 10.3. The van der Waals surface area contributed by atoms with E-state index in [1.807, 2.05) is 13.0 Å². The zero-order chi connectivity index (χ0) is 17.7. The first-order chi connectivity index (χ1) is 11.4. The predicted octanol–water partition coefficient (Wildman–Crippen LogP) is 2.96. The van der Waals surface area contributed by atoms with E-state index in [0.717, 1.165) is 0 Å². The van der Waals surface area contributed by atoms with Gasteiger partial charge in [0.15, 0.2) is 0 Å². The van der Waals surface area contributed by atoms with Crippen LogP contribution in [-0.2, 0) is 14.8 Å². The van der Waals surface area contributed by atoms with Gasteiger partial charge in [0.1, 0.15) is 0 Å². The Labute approximate surface area is 152 Å². The van der Waals surface area contributed by atoms with Crippen molar-refractivity contribution in [1.29, 1.82) is 0 Å². The molecule has 0 saturated carbocycles. The molecule has 0 bridgehead atoms. The molecule has 0 atom stereocenters. The number of sulfonamides is 1. The maximum atomic E-state index is 12.6. The standard InChI is InChI=1S/C16H18Cl2N2O3S/c1-2-3-4-5-16(21)19-8-10-20(11-9-19)24(22,23)13-6-7-14(17)15(18)12-13/h2-7,12H,8-11H2,1H3/b3-2+,5-4+. The molecule has 1 aromatic carbocycles. The van der Waals surface area contributed by atoms with Crippen LogP contribution < -0.4 is 0 Å². The first kappa shape index (κ1) is 19.0. The summed E-state index contributed by atoms with van der Waals surface area (Å²) >= 11 is 11.7. The summed E-state index contributed by atoms with van der Waals surface area (Å²) in [6.45, 7) is 3.04. The molecule has 24 heavy (non-hydrogen) atoms. The summed E-state index contributed by atoms with van der Waals surface area (Å²) < 4.78 is 26.6. The zero-order valence-electron chi connectivity index (χ0n) is 13.2. The van der Waals surface area contributed by atoms with Crippen molar-refractivity contribution in [2.75, 3.05) is 26.2 Å². The van der Waals surface area contributed by atoms with E-state index >= 15 is 0 Å². The second-order valence-corrected chi connectivity index (χ2v) is 7.94. The molecular weight excluding hydrogens is 371 g/mol. The molecule has 0 spiro atoms. The van der Waals surface area contributed by atoms with Crippen LogP contribution in [0, 0.1) is 0 Å². The average molecular weight is 389 g/mol. The third-order valence-electron chi connectivity index (χ3n) is 3.62. The smallest absolute Gasteiger partial charge is 0.246 e. The quantitative estimate of drug-likeness (QED) is 0.588. The van der Waals surface area contributed by atoms with Gasteiger partial charge in [0.05, 0.1) is 14.9 Å². The van der Waals surface area contributed by atoms with Gasteiger partial charge in [0.2, 0.25) is 15.9 Å². The van der Waals surface area contributed by atoms with Gasteiger partial charge in [-0.25, -0.2) is 8.42 Å². The Morgan fingerprint density at radius 2 is 1.75 bits per heavy atom. The molecule has 2 rings (SSSR count). The number of halogens is 2. The van der Waals surface area contributed by atoms with Gasteiger partial charge in [0, 0.05) is 32.3 Å². The normalized spacial score (nSPS) is 17.0. The maximum Gasteiger partial charge on any atom is 0.246 e. The average Bonchev–Trinajstić information content (AvgIpc) is 2.57. The molecule has 0 aliphatic carbocycles. The van der Waals surface area contributed by atoms with Crippen LogP contribution in [0.3, 0.4) is 0 Å². The van der Waals surface area contributed by atoms with Gasteiger partial charge in [-0.3, -0.25) is 4.79 Å². The highest BCUT2D eigenvalue weighted by molar-refractivity contribution is 7.89. The highest BCUT2D eigenvalue weighted by Crippen LogP contribution is 2.27. The molecule has 0 radical (unpaired) electrons. The lowest BCUT2D eigenvalue weighted by Crippen LogP contribution is -2.50. The monoisotopic (exact) mass is 388 g/mol. The van der Waals surface area contributed by atoms with Gasteiger partial charge < -0.3 is 4.90 Å². The molecule has 8 heteroatoms. The molecule has 1 aliphatic heterocycles. The second kappa shape index (κ2) is 8.16. The van der Waals surface area contributed by atoms with Crippen LogP contribution in [0.25, 0.3) is 0 Å². The number of carbonyl (C=O) groups is 1. The molecular formula is C16H18Cl2N2O3S. The number of hydrogen-bond donors (Lipinski definition) is 0. The number of benzene rings is 1. The van der Waals surface area contributed by atoms with E-state index in [1.165, 1.54) is 28.6 Å². The van der Waals surface area contributed by atoms with Crippen LogP contribution >= 0.6 is 23.2 Å². The molecule has 1 aliphatic rings. The van der Waals surface area contributed by atoms with E-state index in [-0.39, 0.29) is 28.9 Å². The highest BCUT2D eigenvalue weighted by atomic mass is 35.5. The van der Waals surface area contributed by atoms with E-state index in [2.05, 4.69) is 0 Å².